The van der Waals surface area contributed by atoms with Crippen molar-refractivity contribution in [2.45, 2.75) is 0 Å². The summed E-state index contributed by atoms with van der Waals surface area (Å²) in [6.07, 6.45) is 9.41. The average Bonchev–Trinajstić information content (AvgIpc) is 2.06. The molecule has 1 unspecified atom stereocenters. The lowest BCUT2D eigenvalue weighted by Gasteiger charge is -2.15. The quantitative estimate of drug-likeness (QED) is 0.496. The van der Waals surface area contributed by atoms with Crippen molar-refractivity contribution in [1.82, 2.24) is 0 Å². The van der Waals surface area contributed by atoms with Crippen molar-refractivity contribution in [2.24, 2.45) is 15.9 Å². The first-order valence-corrected chi connectivity index (χ1v) is 3.78. The van der Waals surface area contributed by atoms with Crippen LogP contribution in [0.5, 0.6) is 0 Å². The summed E-state index contributed by atoms with van der Waals surface area (Å²) in [6.45, 7) is 0. The van der Waals surface area contributed by atoms with E-state index in [1.807, 2.05) is 24.3 Å². The van der Waals surface area contributed by atoms with Gasteiger partial charge in [0.05, 0.1) is 11.6 Å². The van der Waals surface area contributed by atoms with E-state index in [2.05, 4.69) is 9.98 Å². The van der Waals surface area contributed by atoms with Gasteiger partial charge in [0.25, 0.3) is 0 Å². The molecule has 3 heteroatoms. The Morgan fingerprint density at radius 3 is 3.09 bits per heavy atom. The van der Waals surface area contributed by atoms with Crippen LogP contribution in [0, 0.1) is 5.92 Å². The number of hydrogen-bond donors (Lipinski definition) is 0. The van der Waals surface area contributed by atoms with Gasteiger partial charge < -0.3 is 0 Å². The van der Waals surface area contributed by atoms with Crippen LogP contribution in [0.1, 0.15) is 0 Å². The van der Waals surface area contributed by atoms with E-state index in [4.69, 9.17) is 12.2 Å². The summed E-state index contributed by atoms with van der Waals surface area (Å²) in [4.78, 5) is 8.75. The van der Waals surface area contributed by atoms with Crippen LogP contribution in [0.4, 0.5) is 0 Å². The largest absolute Gasteiger partial charge is 0.240 e. The lowest BCUT2D eigenvalue weighted by molar-refractivity contribution is 1.19. The molecule has 0 N–H and O–H groups in total. The zero-order valence-corrected chi connectivity index (χ0v) is 6.58. The monoisotopic (exact) mass is 162 g/mol. The first kappa shape index (κ1) is 6.61. The third kappa shape index (κ3) is 1.07. The molecule has 1 atom stereocenters. The Morgan fingerprint density at radius 1 is 1.36 bits per heavy atom. The maximum atomic E-state index is 5.04. The summed E-state index contributed by atoms with van der Waals surface area (Å²) in [6, 6.07) is 0. The van der Waals surface area contributed by atoms with Crippen molar-refractivity contribution in [2.75, 3.05) is 0 Å². The van der Waals surface area contributed by atoms with E-state index in [1.54, 1.807) is 0 Å². The van der Waals surface area contributed by atoms with Gasteiger partial charge in [-0.05, 0) is 6.08 Å². The molecule has 11 heavy (non-hydrogen) atoms. The molecule has 0 spiro atoms. The Morgan fingerprint density at radius 2 is 2.27 bits per heavy atom. The Hall–Kier alpha value is -1.09. The fourth-order valence-corrected chi connectivity index (χ4v) is 1.34. The van der Waals surface area contributed by atoms with Gasteiger partial charge in [0, 0.05) is 0 Å². The van der Waals surface area contributed by atoms with Gasteiger partial charge in [-0.25, -0.2) is 9.98 Å². The summed E-state index contributed by atoms with van der Waals surface area (Å²) < 4.78 is 0. The zero-order chi connectivity index (χ0) is 7.68. The highest BCUT2D eigenvalue weighted by atomic mass is 32.1. The Bertz CT molecular complexity index is 310. The average molecular weight is 162 g/mol. The Kier molecular flexibility index (Phi) is 1.51. The molecular formula is C8H6N2S. The van der Waals surface area contributed by atoms with Gasteiger partial charge in [0.15, 0.2) is 0 Å². The molecule has 2 nitrogen and oxygen atoms in total. The number of nitrogens with zero attached hydrogens (tertiary/aromatic N) is 2. The molecule has 0 radical (unpaired) electrons. The van der Waals surface area contributed by atoms with E-state index in [9.17, 15) is 0 Å². The molecule has 0 fully saturated rings. The second-order valence-corrected chi connectivity index (χ2v) is 2.78. The lowest BCUT2D eigenvalue weighted by atomic mass is 9.98. The van der Waals surface area contributed by atoms with Gasteiger partial charge in [-0.3, -0.25) is 0 Å². The SMILES string of the molecule is S=C1N=CN=C2C=CC=CC12. The van der Waals surface area contributed by atoms with E-state index in [0.717, 1.165) is 5.71 Å². The molecule has 2 rings (SSSR count). The maximum absolute atomic E-state index is 5.04. The fourth-order valence-electron chi connectivity index (χ4n) is 1.10. The molecule has 0 aromatic heterocycles. The number of aliphatic imine (C=N–C) groups is 2. The van der Waals surface area contributed by atoms with Crippen LogP contribution < -0.4 is 0 Å². The molecular weight excluding hydrogens is 156 g/mol. The topological polar surface area (TPSA) is 24.7 Å². The first-order chi connectivity index (χ1) is 5.38. The van der Waals surface area contributed by atoms with Gasteiger partial charge in [0.1, 0.15) is 11.3 Å². The van der Waals surface area contributed by atoms with Crippen molar-refractivity contribution < 1.29 is 0 Å². The number of fused-ring (bicyclic) bond motifs is 1. The van der Waals surface area contributed by atoms with E-state index < -0.39 is 0 Å². The summed E-state index contributed by atoms with van der Waals surface area (Å²) in [7, 11) is 0. The highest BCUT2D eigenvalue weighted by molar-refractivity contribution is 7.80. The predicted octanol–water partition coefficient (Wildman–Crippen LogP) is 1.54. The minimum atomic E-state index is 0.139. The van der Waals surface area contributed by atoms with E-state index in [-0.39, 0.29) is 5.92 Å². The van der Waals surface area contributed by atoms with Gasteiger partial charge in [-0.15, -0.1) is 0 Å². The van der Waals surface area contributed by atoms with E-state index in [1.165, 1.54) is 6.34 Å². The highest BCUT2D eigenvalue weighted by Crippen LogP contribution is 2.14. The van der Waals surface area contributed by atoms with Gasteiger partial charge in [0.2, 0.25) is 0 Å². The zero-order valence-electron chi connectivity index (χ0n) is 5.77. The highest BCUT2D eigenvalue weighted by Gasteiger charge is 2.19. The standard InChI is InChI=1S/C8H6N2S/c11-8-6-3-1-2-4-7(6)9-5-10-8/h1-6H. The van der Waals surface area contributed by atoms with Crippen LogP contribution in [0.3, 0.4) is 0 Å². The molecule has 0 saturated heterocycles. The number of hydrogen-bond acceptors (Lipinski definition) is 2. The van der Waals surface area contributed by atoms with Crippen LogP contribution >= 0.6 is 12.2 Å². The third-order valence-electron chi connectivity index (χ3n) is 1.66. The fraction of sp³-hybridized carbons (Fsp3) is 0.125. The number of allylic oxidation sites excluding steroid dienone is 3. The van der Waals surface area contributed by atoms with Gasteiger partial charge >= 0.3 is 0 Å². The summed E-state index contributed by atoms with van der Waals surface area (Å²) >= 11 is 5.04. The van der Waals surface area contributed by atoms with Gasteiger partial charge in [-0.2, -0.15) is 0 Å². The number of rotatable bonds is 0. The molecule has 1 aliphatic heterocycles. The van der Waals surface area contributed by atoms with Crippen molar-refractivity contribution in [3.05, 3.63) is 24.3 Å². The van der Waals surface area contributed by atoms with Crippen LogP contribution in [-0.2, 0) is 0 Å². The Labute approximate surface area is 70.1 Å². The van der Waals surface area contributed by atoms with Crippen LogP contribution in [0.25, 0.3) is 0 Å². The minimum absolute atomic E-state index is 0.139. The first-order valence-electron chi connectivity index (χ1n) is 3.37. The predicted molar refractivity (Wildman–Crippen MR) is 50.3 cm³/mol. The summed E-state index contributed by atoms with van der Waals surface area (Å²) in [5.74, 6) is 0.139. The molecule has 0 aromatic carbocycles. The minimum Gasteiger partial charge on any atom is -0.240 e. The summed E-state index contributed by atoms with van der Waals surface area (Å²) in [5.41, 5.74) is 0.993. The summed E-state index contributed by atoms with van der Waals surface area (Å²) in [5, 5.41) is 0. The van der Waals surface area contributed by atoms with Crippen molar-refractivity contribution in [3.8, 4) is 0 Å². The number of thiocarbonyl (C=S) groups is 1. The molecule has 1 aliphatic carbocycles. The normalized spacial score (nSPS) is 26.7. The molecule has 0 aromatic rings. The smallest absolute Gasteiger partial charge is 0.118 e. The molecule has 0 saturated carbocycles. The molecule has 0 bridgehead atoms. The lowest BCUT2D eigenvalue weighted by Crippen LogP contribution is -2.22. The second kappa shape index (κ2) is 2.51. The molecule has 54 valence electrons. The third-order valence-corrected chi connectivity index (χ3v) is 2.02. The van der Waals surface area contributed by atoms with Crippen molar-refractivity contribution >= 4 is 29.3 Å². The van der Waals surface area contributed by atoms with E-state index in [0.29, 0.717) is 4.99 Å². The van der Waals surface area contributed by atoms with Gasteiger partial charge in [-0.1, -0.05) is 30.4 Å². The Balaban J connectivity index is 2.43. The molecule has 2 aliphatic rings. The van der Waals surface area contributed by atoms with Crippen LogP contribution in [-0.4, -0.2) is 17.0 Å². The molecule has 1 heterocycles. The van der Waals surface area contributed by atoms with Crippen molar-refractivity contribution in [3.63, 3.8) is 0 Å². The van der Waals surface area contributed by atoms with Crippen LogP contribution in [0.15, 0.2) is 34.3 Å². The maximum Gasteiger partial charge on any atom is 0.118 e. The van der Waals surface area contributed by atoms with Crippen molar-refractivity contribution in [1.29, 1.82) is 0 Å². The van der Waals surface area contributed by atoms with Crippen LogP contribution in [0.2, 0.25) is 0 Å². The van der Waals surface area contributed by atoms with E-state index >= 15 is 0 Å². The second-order valence-electron chi connectivity index (χ2n) is 2.36. The molecule has 0 amide bonds.